The highest BCUT2D eigenvalue weighted by molar-refractivity contribution is 5.98. The second kappa shape index (κ2) is 10.4. The summed E-state index contributed by atoms with van der Waals surface area (Å²) in [6.07, 6.45) is 3.53. The minimum atomic E-state index is -0.596. The summed E-state index contributed by atoms with van der Waals surface area (Å²) in [5, 5.41) is 23.9. The molecule has 9 heteroatoms. The van der Waals surface area contributed by atoms with Gasteiger partial charge in [-0.15, -0.1) is 10.2 Å². The lowest BCUT2D eigenvalue weighted by Gasteiger charge is -2.40. The van der Waals surface area contributed by atoms with Gasteiger partial charge in [0.15, 0.2) is 12.3 Å². The molecule has 0 unspecified atom stereocenters. The Morgan fingerprint density at radius 1 is 1.10 bits per heavy atom. The van der Waals surface area contributed by atoms with E-state index in [4.69, 9.17) is 9.57 Å². The van der Waals surface area contributed by atoms with Crippen molar-refractivity contribution in [3.8, 4) is 11.6 Å². The molecule has 2 fully saturated rings. The Kier molecular flexibility index (Phi) is 7.20. The number of hydrogen-bond acceptors (Lipinski definition) is 7. The molecule has 2 heterocycles. The van der Waals surface area contributed by atoms with Crippen LogP contribution in [0.4, 0.5) is 5.69 Å². The van der Waals surface area contributed by atoms with Gasteiger partial charge in [-0.05, 0) is 72.9 Å². The first-order valence-corrected chi connectivity index (χ1v) is 13.4. The molecule has 0 spiro atoms. The molecule has 206 valence electrons. The number of aromatic hydroxyl groups is 1. The number of oxime groups is 1. The number of amides is 1. The largest absolute Gasteiger partial charge is 0.497 e. The maximum atomic E-state index is 12.4. The van der Waals surface area contributed by atoms with Gasteiger partial charge in [-0.3, -0.25) is 14.3 Å². The Bertz CT molecular complexity index is 1430. The second-order valence-corrected chi connectivity index (χ2v) is 12.0. The Hall–Kier alpha value is -3.72. The van der Waals surface area contributed by atoms with E-state index in [1.165, 1.54) is 12.8 Å². The molecule has 1 aliphatic heterocycles. The average molecular weight is 532 g/mol. The van der Waals surface area contributed by atoms with Crippen LogP contribution >= 0.6 is 0 Å². The van der Waals surface area contributed by atoms with Crippen molar-refractivity contribution in [2.75, 3.05) is 20.3 Å². The maximum absolute atomic E-state index is 12.4. The van der Waals surface area contributed by atoms with Crippen LogP contribution in [-0.2, 0) is 16.3 Å². The number of rotatable bonds is 8. The van der Waals surface area contributed by atoms with Crippen molar-refractivity contribution in [1.29, 1.82) is 0 Å². The van der Waals surface area contributed by atoms with E-state index in [0.29, 0.717) is 23.8 Å². The highest BCUT2D eigenvalue weighted by Crippen LogP contribution is 2.53. The first-order valence-electron chi connectivity index (χ1n) is 13.4. The highest BCUT2D eigenvalue weighted by atomic mass is 16.6. The molecule has 1 aromatic heterocycles. The quantitative estimate of drug-likeness (QED) is 0.210. The third kappa shape index (κ3) is 5.68. The number of ether oxygens (including phenoxy) is 1. The lowest BCUT2D eigenvalue weighted by molar-refractivity contribution is -0.122. The van der Waals surface area contributed by atoms with Crippen LogP contribution in [0.3, 0.4) is 0 Å². The summed E-state index contributed by atoms with van der Waals surface area (Å²) in [4.78, 5) is 20.1. The summed E-state index contributed by atoms with van der Waals surface area (Å²) >= 11 is 0. The fourth-order valence-electron chi connectivity index (χ4n) is 6.64. The number of benzene rings is 2. The van der Waals surface area contributed by atoms with Gasteiger partial charge in [0.05, 0.1) is 25.0 Å². The molecule has 5 rings (SSSR count). The molecule has 2 bridgehead atoms. The van der Waals surface area contributed by atoms with Gasteiger partial charge in [0.2, 0.25) is 5.88 Å². The molecule has 2 aromatic carbocycles. The van der Waals surface area contributed by atoms with Gasteiger partial charge < -0.3 is 14.7 Å². The third-order valence-corrected chi connectivity index (χ3v) is 7.92. The van der Waals surface area contributed by atoms with Crippen molar-refractivity contribution in [3.05, 3.63) is 54.1 Å². The zero-order valence-corrected chi connectivity index (χ0v) is 23.3. The fraction of sp³-hybridized carbons (Fsp3) is 0.467. The molecule has 1 N–H and O–H groups in total. The van der Waals surface area contributed by atoms with E-state index >= 15 is 0 Å². The smallest absolute Gasteiger partial charge is 0.304 e. The van der Waals surface area contributed by atoms with Crippen LogP contribution in [0.1, 0.15) is 52.5 Å². The minimum Gasteiger partial charge on any atom is -0.497 e. The van der Waals surface area contributed by atoms with Crippen molar-refractivity contribution in [3.63, 3.8) is 0 Å². The van der Waals surface area contributed by atoms with E-state index in [9.17, 15) is 9.90 Å². The molecular formula is C30H37N5O4. The number of fused-ring (bicyclic) bond motifs is 3. The van der Waals surface area contributed by atoms with E-state index in [1.807, 2.05) is 53.1 Å². The van der Waals surface area contributed by atoms with E-state index in [0.717, 1.165) is 35.2 Å². The van der Waals surface area contributed by atoms with E-state index in [2.05, 4.69) is 41.1 Å². The summed E-state index contributed by atoms with van der Waals surface area (Å²) in [6.45, 7) is 10.1. The normalized spacial score (nSPS) is 23.0. The fourth-order valence-corrected chi connectivity index (χ4v) is 6.64. The van der Waals surface area contributed by atoms with Crippen LogP contribution < -0.4 is 4.74 Å². The number of methoxy groups -OCH3 is 1. The standard InChI is InChI=1S/C30H37N5O4/c1-20(21-10-12-23(38-5)13-11-21)33-39-16-26(36)31-32-27-24-8-6-7-9-25(24)35(28(27)37)19-34-18-30(4)15-22(34)14-29(2,3)17-30/h6-13,22,37H,14-19H2,1-5H3/b32-31?,33-20-/t22-,30-/m0/s1. The average Bonchev–Trinajstić information content (AvgIpc) is 3.30. The molecule has 1 aliphatic carbocycles. The minimum absolute atomic E-state index is 0.00731. The van der Waals surface area contributed by atoms with Gasteiger partial charge in [-0.2, -0.15) is 0 Å². The molecule has 39 heavy (non-hydrogen) atoms. The Morgan fingerprint density at radius 3 is 2.59 bits per heavy atom. The first-order chi connectivity index (χ1) is 18.6. The zero-order chi connectivity index (χ0) is 27.8. The molecule has 3 aromatic rings. The topological polar surface area (TPSA) is 101 Å². The SMILES string of the molecule is COc1ccc(/C(C)=N\OCC(=O)N=Nc2c(O)n(CN3C[C@@]4(C)C[C@@H]3CC(C)(C)C4)c3ccccc23)cc1. The Labute approximate surface area is 229 Å². The molecule has 1 saturated carbocycles. The Morgan fingerprint density at radius 2 is 1.85 bits per heavy atom. The highest BCUT2D eigenvalue weighted by Gasteiger charge is 2.49. The predicted octanol–water partition coefficient (Wildman–Crippen LogP) is 6.26. The van der Waals surface area contributed by atoms with Gasteiger partial charge in [0.25, 0.3) is 0 Å². The van der Waals surface area contributed by atoms with E-state index in [-0.39, 0.29) is 23.6 Å². The van der Waals surface area contributed by atoms with Crippen LogP contribution in [0.5, 0.6) is 11.6 Å². The van der Waals surface area contributed by atoms with Crippen LogP contribution in [0.15, 0.2) is 63.9 Å². The number of likely N-dealkylation sites (tertiary alicyclic amines) is 1. The number of aromatic nitrogens is 1. The third-order valence-electron chi connectivity index (χ3n) is 7.92. The molecule has 1 saturated heterocycles. The van der Waals surface area contributed by atoms with Crippen LogP contribution in [0.25, 0.3) is 10.9 Å². The van der Waals surface area contributed by atoms with Crippen molar-refractivity contribution in [2.45, 2.75) is 59.7 Å². The van der Waals surface area contributed by atoms with E-state index < -0.39 is 5.91 Å². The summed E-state index contributed by atoms with van der Waals surface area (Å²) in [5.41, 5.74) is 3.21. The van der Waals surface area contributed by atoms with Crippen molar-refractivity contribution < 1.29 is 19.5 Å². The number of carbonyl (C=O) groups is 1. The van der Waals surface area contributed by atoms with Crippen molar-refractivity contribution in [1.82, 2.24) is 9.47 Å². The van der Waals surface area contributed by atoms with Gasteiger partial charge >= 0.3 is 5.91 Å². The molecule has 9 nitrogen and oxygen atoms in total. The van der Waals surface area contributed by atoms with Crippen LogP contribution in [0, 0.1) is 10.8 Å². The van der Waals surface area contributed by atoms with Crippen LogP contribution in [0.2, 0.25) is 0 Å². The summed E-state index contributed by atoms with van der Waals surface area (Å²) < 4.78 is 7.04. The summed E-state index contributed by atoms with van der Waals surface area (Å²) in [7, 11) is 1.61. The number of carbonyl (C=O) groups excluding carboxylic acids is 1. The lowest BCUT2D eigenvalue weighted by atomic mass is 9.65. The Balaban J connectivity index is 1.29. The van der Waals surface area contributed by atoms with E-state index in [1.54, 1.807) is 14.0 Å². The van der Waals surface area contributed by atoms with Gasteiger partial charge in [-0.1, -0.05) is 44.1 Å². The summed E-state index contributed by atoms with van der Waals surface area (Å²) in [6, 6.07) is 15.5. The van der Waals surface area contributed by atoms with Gasteiger partial charge in [0.1, 0.15) is 5.75 Å². The zero-order valence-electron chi connectivity index (χ0n) is 23.3. The van der Waals surface area contributed by atoms with Crippen molar-refractivity contribution in [2.24, 2.45) is 26.2 Å². The summed E-state index contributed by atoms with van der Waals surface area (Å²) in [5.74, 6) is 0.156. The number of nitrogens with zero attached hydrogens (tertiary/aromatic N) is 5. The lowest BCUT2D eigenvalue weighted by Crippen LogP contribution is -2.35. The number of para-hydroxylation sites is 1. The maximum Gasteiger partial charge on any atom is 0.304 e. The molecule has 2 aliphatic rings. The molecule has 2 atom stereocenters. The number of hydrogen-bond donors (Lipinski definition) is 1. The molecular weight excluding hydrogens is 494 g/mol. The second-order valence-electron chi connectivity index (χ2n) is 12.0. The molecule has 1 amide bonds. The first kappa shape index (κ1) is 26.9. The van der Waals surface area contributed by atoms with Crippen molar-refractivity contribution >= 4 is 28.2 Å². The van der Waals surface area contributed by atoms with Crippen LogP contribution in [-0.4, -0.2) is 52.5 Å². The monoisotopic (exact) mass is 531 g/mol. The predicted molar refractivity (Wildman–Crippen MR) is 151 cm³/mol. The van der Waals surface area contributed by atoms with Gasteiger partial charge in [0, 0.05) is 18.0 Å². The molecule has 0 radical (unpaired) electrons. The number of azo groups is 1. The van der Waals surface area contributed by atoms with Gasteiger partial charge in [-0.25, -0.2) is 0 Å².